The fraction of sp³-hybridized carbons (Fsp3) is 0.255. The third-order valence-electron chi connectivity index (χ3n) is 9.08. The maximum Gasteiger partial charge on any atom is 0.343 e. The second-order valence-corrected chi connectivity index (χ2v) is 13.8. The van der Waals surface area contributed by atoms with E-state index in [1.807, 2.05) is 20.8 Å². The van der Waals surface area contributed by atoms with E-state index < -0.39 is 35.8 Å². The molecular weight excluding hydrogens is 837 g/mol. The molecule has 5 rings (SSSR count). The van der Waals surface area contributed by atoms with Crippen molar-refractivity contribution in [2.75, 3.05) is 26.4 Å². The van der Waals surface area contributed by atoms with Gasteiger partial charge < -0.3 is 37.9 Å². The average molecular weight is 889 g/mol. The molecule has 0 bridgehead atoms. The van der Waals surface area contributed by atoms with Crippen LogP contribution in [-0.2, 0) is 28.5 Å². The number of hydrogen-bond donors (Lipinski definition) is 0. The van der Waals surface area contributed by atoms with Gasteiger partial charge in [0.2, 0.25) is 0 Å². The van der Waals surface area contributed by atoms with E-state index >= 15 is 0 Å². The normalized spacial score (nSPS) is 12.6. The van der Waals surface area contributed by atoms with Crippen LogP contribution in [0.15, 0.2) is 146 Å². The fourth-order valence-electron chi connectivity index (χ4n) is 5.64. The Morgan fingerprint density at radius 2 is 0.815 bits per heavy atom. The van der Waals surface area contributed by atoms with E-state index in [9.17, 15) is 28.8 Å². The topological polar surface area (TPSA) is 176 Å². The maximum absolute atomic E-state index is 13.0. The zero-order valence-electron chi connectivity index (χ0n) is 36.6. The Morgan fingerprint density at radius 1 is 0.477 bits per heavy atom. The van der Waals surface area contributed by atoms with Crippen LogP contribution in [0, 0.1) is 5.92 Å². The van der Waals surface area contributed by atoms with Crippen LogP contribution in [0.1, 0.15) is 94.3 Å². The molecule has 4 aromatic carbocycles. The Labute approximate surface area is 378 Å². The molecule has 0 heterocycles. The van der Waals surface area contributed by atoms with Gasteiger partial charge in [0.15, 0.2) is 0 Å². The van der Waals surface area contributed by atoms with Gasteiger partial charge in [0, 0.05) is 24.5 Å². The molecule has 0 spiro atoms. The Kier molecular flexibility index (Phi) is 20.5. The van der Waals surface area contributed by atoms with Crippen LogP contribution >= 0.6 is 0 Å². The molecule has 1 aliphatic carbocycles. The molecule has 0 radical (unpaired) electrons. The Morgan fingerprint density at radius 3 is 1.18 bits per heavy atom. The average Bonchev–Trinajstić information content (AvgIpc) is 3.33. The highest BCUT2D eigenvalue weighted by Crippen LogP contribution is 2.29. The Bertz CT molecular complexity index is 2310. The first-order valence-electron chi connectivity index (χ1n) is 21.0. The lowest BCUT2D eigenvalue weighted by molar-refractivity contribution is -0.138. The zero-order valence-corrected chi connectivity index (χ0v) is 36.6. The van der Waals surface area contributed by atoms with Crippen molar-refractivity contribution in [1.82, 2.24) is 0 Å². The minimum absolute atomic E-state index is 0.230. The summed E-state index contributed by atoms with van der Waals surface area (Å²) < 4.78 is 43.3. The SMILES string of the molecule is C=CC(=O)OCCCCOc1ccc(C(=O)Oc2ccc(C(=O)OC3=CC=C(OC(=O)c4ccc(OC(=O)c5ccc(OCCCCOC(=O)C=C)cc5)cc4)C(C)C3)cc2)cc1.CC. The van der Waals surface area contributed by atoms with Gasteiger partial charge in [-0.25, -0.2) is 28.8 Å². The highest BCUT2D eigenvalue weighted by atomic mass is 16.6. The van der Waals surface area contributed by atoms with Crippen molar-refractivity contribution >= 4 is 35.8 Å². The van der Waals surface area contributed by atoms with E-state index in [2.05, 4.69) is 13.2 Å². The molecule has 14 nitrogen and oxygen atoms in total. The van der Waals surface area contributed by atoms with Crippen molar-refractivity contribution < 1.29 is 66.7 Å². The molecule has 4 aromatic rings. The van der Waals surface area contributed by atoms with Crippen LogP contribution in [-0.4, -0.2) is 62.2 Å². The number of hydrogen-bond acceptors (Lipinski definition) is 14. The van der Waals surface area contributed by atoms with Crippen molar-refractivity contribution in [1.29, 1.82) is 0 Å². The molecule has 340 valence electrons. The summed E-state index contributed by atoms with van der Waals surface area (Å²) in [6.07, 6.45) is 8.26. The van der Waals surface area contributed by atoms with Gasteiger partial charge in [-0.3, -0.25) is 0 Å². The van der Waals surface area contributed by atoms with Crippen molar-refractivity contribution in [3.63, 3.8) is 0 Å². The van der Waals surface area contributed by atoms with Crippen LogP contribution in [0.25, 0.3) is 0 Å². The predicted octanol–water partition coefficient (Wildman–Crippen LogP) is 9.75. The summed E-state index contributed by atoms with van der Waals surface area (Å²) in [7, 11) is 0. The first-order valence-corrected chi connectivity index (χ1v) is 21.0. The largest absolute Gasteiger partial charge is 0.494 e. The predicted molar refractivity (Wildman–Crippen MR) is 240 cm³/mol. The lowest BCUT2D eigenvalue weighted by Crippen LogP contribution is -2.16. The molecule has 0 amide bonds. The summed E-state index contributed by atoms with van der Waals surface area (Å²) in [5.74, 6) is -1.29. The second kappa shape index (κ2) is 26.7. The number of benzene rings is 4. The summed E-state index contributed by atoms with van der Waals surface area (Å²) in [5.41, 5.74) is 1.07. The number of rotatable bonds is 22. The summed E-state index contributed by atoms with van der Waals surface area (Å²) in [6, 6.07) is 24.8. The van der Waals surface area contributed by atoms with Gasteiger partial charge in [-0.2, -0.15) is 0 Å². The van der Waals surface area contributed by atoms with Gasteiger partial charge in [-0.05, 0) is 135 Å². The molecule has 1 unspecified atom stereocenters. The fourth-order valence-corrected chi connectivity index (χ4v) is 5.64. The first-order chi connectivity index (χ1) is 31.5. The van der Waals surface area contributed by atoms with Crippen LogP contribution < -0.4 is 18.9 Å². The number of esters is 6. The van der Waals surface area contributed by atoms with Crippen molar-refractivity contribution in [2.45, 2.75) is 52.9 Å². The monoisotopic (exact) mass is 888 g/mol. The first kappa shape index (κ1) is 49.9. The van der Waals surface area contributed by atoms with Gasteiger partial charge in [-0.1, -0.05) is 33.9 Å². The molecule has 0 aliphatic heterocycles. The third kappa shape index (κ3) is 16.8. The van der Waals surface area contributed by atoms with Gasteiger partial charge in [-0.15, -0.1) is 0 Å². The van der Waals surface area contributed by atoms with Gasteiger partial charge in [0.05, 0.1) is 48.7 Å². The number of allylic oxidation sites excluding steroid dienone is 4. The smallest absolute Gasteiger partial charge is 0.343 e. The van der Waals surface area contributed by atoms with E-state index in [-0.39, 0.29) is 48.2 Å². The highest BCUT2D eigenvalue weighted by molar-refractivity contribution is 5.93. The summed E-state index contributed by atoms with van der Waals surface area (Å²) in [4.78, 5) is 73.4. The maximum atomic E-state index is 13.0. The lowest BCUT2D eigenvalue weighted by atomic mass is 9.99. The van der Waals surface area contributed by atoms with Crippen molar-refractivity contribution in [3.05, 3.63) is 168 Å². The molecule has 0 saturated heterocycles. The van der Waals surface area contributed by atoms with E-state index in [0.29, 0.717) is 73.0 Å². The number of carbonyl (C=O) groups is 6. The molecular formula is C51H52O14. The van der Waals surface area contributed by atoms with E-state index in [0.717, 1.165) is 12.2 Å². The molecule has 0 N–H and O–H groups in total. The molecule has 14 heteroatoms. The van der Waals surface area contributed by atoms with Crippen molar-refractivity contribution in [3.8, 4) is 23.0 Å². The summed E-state index contributed by atoms with van der Waals surface area (Å²) >= 11 is 0. The van der Waals surface area contributed by atoms with E-state index in [1.165, 1.54) is 48.5 Å². The van der Waals surface area contributed by atoms with Gasteiger partial charge in [0.25, 0.3) is 0 Å². The molecule has 0 saturated carbocycles. The molecule has 1 atom stereocenters. The Balaban J connectivity index is 0.00000456. The quantitative estimate of drug-likeness (QED) is 0.0240. The van der Waals surface area contributed by atoms with Gasteiger partial charge >= 0.3 is 35.8 Å². The van der Waals surface area contributed by atoms with Crippen molar-refractivity contribution in [2.24, 2.45) is 5.92 Å². The molecule has 65 heavy (non-hydrogen) atoms. The number of ether oxygens (including phenoxy) is 8. The van der Waals surface area contributed by atoms with Crippen LogP contribution in [0.2, 0.25) is 0 Å². The minimum atomic E-state index is -0.617. The summed E-state index contributed by atoms with van der Waals surface area (Å²) in [5, 5.41) is 0. The van der Waals surface area contributed by atoms with Gasteiger partial charge in [0.1, 0.15) is 34.5 Å². The number of carbonyl (C=O) groups excluding carboxylic acids is 6. The lowest BCUT2D eigenvalue weighted by Gasteiger charge is -2.21. The van der Waals surface area contributed by atoms with Crippen LogP contribution in [0.4, 0.5) is 0 Å². The summed E-state index contributed by atoms with van der Waals surface area (Å²) in [6.45, 7) is 13.9. The minimum Gasteiger partial charge on any atom is -0.494 e. The zero-order chi connectivity index (χ0) is 47.0. The van der Waals surface area contributed by atoms with E-state index in [4.69, 9.17) is 37.9 Å². The number of unbranched alkanes of at least 4 members (excludes halogenated alkanes) is 2. The molecule has 1 aliphatic rings. The van der Waals surface area contributed by atoms with Crippen LogP contribution in [0.3, 0.4) is 0 Å². The second-order valence-electron chi connectivity index (χ2n) is 13.8. The molecule has 0 aromatic heterocycles. The van der Waals surface area contributed by atoms with Crippen LogP contribution in [0.5, 0.6) is 23.0 Å². The van der Waals surface area contributed by atoms with E-state index in [1.54, 1.807) is 60.7 Å². The Hall–Kier alpha value is -7.74. The molecule has 0 fully saturated rings. The third-order valence-corrected chi connectivity index (χ3v) is 9.08. The standard InChI is InChI=1S/C49H46O14.C2H6/c1-4-44(50)58-30-8-6-28-56-38-18-10-34(11-19-38)46(52)60-40-22-14-36(15-23-40)48(54)62-42-26-27-43(33(3)32-42)63-49(55)37-16-24-41(25-17-37)61-47(53)35-12-20-39(21-13-35)57-29-7-9-31-59-45(51)5-2;1-2/h4-5,10-27,33H,1-2,6-9,28-32H2,3H3;1-2H3. The highest BCUT2D eigenvalue weighted by Gasteiger charge is 2.23.